The van der Waals surface area contributed by atoms with Crippen LogP contribution in [0, 0.1) is 6.92 Å². The van der Waals surface area contributed by atoms with E-state index in [0.29, 0.717) is 11.3 Å². The highest BCUT2D eigenvalue weighted by Gasteiger charge is 2.68. The van der Waals surface area contributed by atoms with Crippen LogP contribution >= 0.6 is 7.60 Å². The van der Waals surface area contributed by atoms with E-state index in [0.717, 1.165) is 29.2 Å². The van der Waals surface area contributed by atoms with E-state index < -0.39 is 61.6 Å². The largest absolute Gasteiger partial charge is 0.489 e. The van der Waals surface area contributed by atoms with Gasteiger partial charge in [-0.2, -0.15) is 0 Å². The topological polar surface area (TPSA) is 236 Å². The molecule has 46 heavy (non-hydrogen) atoms. The molecule has 15 heteroatoms. The molecule has 0 bridgehead atoms. The average Bonchev–Trinajstić information content (AvgIpc) is 3.01. The van der Waals surface area contributed by atoms with E-state index in [-0.39, 0.29) is 13.2 Å². The minimum atomic E-state index is -5.63. The SMILES string of the molecule is Cc1cccc(-c2cccc(COc3cccc(CO[C@H](COP(=O)(O)[C@]4(O)O[C@H](C(N)=O)[C@@](C)(O)[C@H](O)[C@H]4O)C(=O)O)c3)c2)c1. The normalized spacial score (nSPS) is 26.5. The van der Waals surface area contributed by atoms with Crippen LogP contribution in [0.2, 0.25) is 0 Å². The number of primary amides is 1. The molecule has 1 unspecified atom stereocenters. The summed E-state index contributed by atoms with van der Waals surface area (Å²) in [6.45, 7) is 1.68. The van der Waals surface area contributed by atoms with Gasteiger partial charge in [-0.15, -0.1) is 0 Å². The molecule has 14 nitrogen and oxygen atoms in total. The second-order valence-electron chi connectivity index (χ2n) is 11.1. The molecule has 1 amide bonds. The predicted octanol–water partition coefficient (Wildman–Crippen LogP) is 1.42. The van der Waals surface area contributed by atoms with Crippen molar-refractivity contribution in [2.45, 2.75) is 62.6 Å². The van der Waals surface area contributed by atoms with Crippen LogP contribution in [0.5, 0.6) is 5.75 Å². The first-order valence-corrected chi connectivity index (χ1v) is 15.6. The van der Waals surface area contributed by atoms with E-state index in [1.165, 1.54) is 0 Å². The molecule has 1 saturated heterocycles. The van der Waals surface area contributed by atoms with Crippen LogP contribution in [0.4, 0.5) is 0 Å². The van der Waals surface area contributed by atoms with Crippen molar-refractivity contribution in [3.05, 3.63) is 89.5 Å². The molecular formula is C31H36NO13P. The number of aliphatic carboxylic acids is 1. The number of amides is 1. The van der Waals surface area contributed by atoms with E-state index in [2.05, 4.69) is 6.07 Å². The summed E-state index contributed by atoms with van der Waals surface area (Å²) in [5, 5.41) is 51.2. The molecule has 1 fully saturated rings. The van der Waals surface area contributed by atoms with Gasteiger partial charge in [-0.1, -0.05) is 60.2 Å². The molecule has 8 N–H and O–H groups in total. The number of aliphatic hydroxyl groups excluding tert-OH is 2. The van der Waals surface area contributed by atoms with Crippen molar-refractivity contribution >= 4 is 19.5 Å². The number of carboxylic acid groups (broad SMARTS) is 1. The number of rotatable bonds is 13. The van der Waals surface area contributed by atoms with Gasteiger partial charge in [0.15, 0.2) is 12.2 Å². The second-order valence-corrected chi connectivity index (χ2v) is 13.1. The lowest BCUT2D eigenvalue weighted by Crippen LogP contribution is -2.71. The van der Waals surface area contributed by atoms with Gasteiger partial charge < -0.3 is 54.9 Å². The minimum Gasteiger partial charge on any atom is -0.489 e. The number of ether oxygens (including phenoxy) is 3. The standard InChI is InChI=1S/C31H36NO13P/c1-18-6-3-9-21(12-18)22-10-4-7-19(13-22)15-42-23-11-5-8-20(14-23)16-43-24(29(36)37)17-44-46(40,41)31(39)26(34)25(33)30(2,38)27(45-31)28(32)35/h3-14,24-27,33-34,38-39H,15-17H2,1-2H3,(H2,32,35)(H,36,37)(H,40,41)/t24-,25-,26-,27-,30+,31-/m1/s1. The van der Waals surface area contributed by atoms with Crippen LogP contribution < -0.4 is 10.5 Å². The Morgan fingerprint density at radius 1 is 0.957 bits per heavy atom. The molecule has 1 heterocycles. The van der Waals surface area contributed by atoms with Crippen molar-refractivity contribution in [3.8, 4) is 16.9 Å². The first kappa shape index (κ1) is 35.2. The Labute approximate surface area is 264 Å². The number of carboxylic acids is 1. The summed E-state index contributed by atoms with van der Waals surface area (Å²) in [7, 11) is -5.63. The van der Waals surface area contributed by atoms with E-state index >= 15 is 0 Å². The third-order valence-electron chi connectivity index (χ3n) is 7.48. The highest BCUT2D eigenvalue weighted by atomic mass is 31.2. The number of carbonyl (C=O) groups is 2. The highest BCUT2D eigenvalue weighted by Crippen LogP contribution is 2.59. The Hall–Kier alpha value is -3.69. The van der Waals surface area contributed by atoms with Crippen molar-refractivity contribution in [1.82, 2.24) is 0 Å². The molecule has 1 aliphatic heterocycles. The fourth-order valence-electron chi connectivity index (χ4n) is 4.83. The monoisotopic (exact) mass is 661 g/mol. The van der Waals surface area contributed by atoms with Crippen LogP contribution in [0.25, 0.3) is 11.1 Å². The van der Waals surface area contributed by atoms with Crippen LogP contribution in [0.15, 0.2) is 72.8 Å². The van der Waals surface area contributed by atoms with Crippen LogP contribution in [0.1, 0.15) is 23.6 Å². The van der Waals surface area contributed by atoms with Crippen LogP contribution in [-0.4, -0.2) is 84.5 Å². The molecule has 0 aromatic heterocycles. The van der Waals surface area contributed by atoms with E-state index in [1.807, 2.05) is 49.4 Å². The molecule has 248 valence electrons. The zero-order valence-corrected chi connectivity index (χ0v) is 25.8. The molecule has 1 aliphatic rings. The number of nitrogens with two attached hydrogens (primary N) is 1. The number of aryl methyl sites for hydroxylation is 1. The summed E-state index contributed by atoms with van der Waals surface area (Å²) in [6.07, 6.45) is -9.19. The Balaban J connectivity index is 1.38. The predicted molar refractivity (Wildman–Crippen MR) is 161 cm³/mol. The quantitative estimate of drug-likeness (QED) is 0.129. The van der Waals surface area contributed by atoms with Crippen molar-refractivity contribution in [2.24, 2.45) is 5.73 Å². The number of benzene rings is 3. The van der Waals surface area contributed by atoms with Crippen LogP contribution in [0.3, 0.4) is 0 Å². The van der Waals surface area contributed by atoms with Gasteiger partial charge in [0.05, 0.1) is 13.2 Å². The molecule has 0 saturated carbocycles. The maximum absolute atomic E-state index is 13.0. The molecule has 0 radical (unpaired) electrons. The third kappa shape index (κ3) is 7.64. The van der Waals surface area contributed by atoms with Crippen molar-refractivity contribution in [2.75, 3.05) is 6.61 Å². The first-order chi connectivity index (χ1) is 21.5. The van der Waals surface area contributed by atoms with Crippen molar-refractivity contribution in [3.63, 3.8) is 0 Å². The summed E-state index contributed by atoms with van der Waals surface area (Å²) < 4.78 is 33.8. The molecular weight excluding hydrogens is 625 g/mol. The summed E-state index contributed by atoms with van der Waals surface area (Å²) in [5.74, 6) is -2.58. The number of aliphatic hydroxyl groups is 4. The van der Waals surface area contributed by atoms with Gasteiger partial charge in [-0.3, -0.25) is 9.36 Å². The van der Waals surface area contributed by atoms with E-state index in [4.69, 9.17) is 24.5 Å². The summed E-state index contributed by atoms with van der Waals surface area (Å²) in [5.41, 5.74) is 3.55. The first-order valence-electron chi connectivity index (χ1n) is 14.0. The fourth-order valence-corrected chi connectivity index (χ4v) is 6.06. The smallest absolute Gasteiger partial charge is 0.390 e. The molecule has 7 atom stereocenters. The zero-order chi connectivity index (χ0) is 33.9. The van der Waals surface area contributed by atoms with Gasteiger partial charge >= 0.3 is 19.1 Å². The minimum absolute atomic E-state index is 0.249. The lowest BCUT2D eigenvalue weighted by Gasteiger charge is -2.49. The number of hydrogen-bond acceptors (Lipinski definition) is 11. The Bertz CT molecular complexity index is 1610. The zero-order valence-electron chi connectivity index (χ0n) is 24.9. The number of hydrogen-bond donors (Lipinski definition) is 7. The summed E-state index contributed by atoms with van der Waals surface area (Å²) >= 11 is 0. The Morgan fingerprint density at radius 2 is 1.57 bits per heavy atom. The maximum Gasteiger partial charge on any atom is 0.390 e. The van der Waals surface area contributed by atoms with E-state index in [1.54, 1.807) is 24.3 Å². The van der Waals surface area contributed by atoms with Gasteiger partial charge in [0, 0.05) is 0 Å². The summed E-state index contributed by atoms with van der Waals surface area (Å²) in [6, 6.07) is 22.6. The molecule has 0 aliphatic carbocycles. The van der Waals surface area contributed by atoms with Gasteiger partial charge in [-0.25, -0.2) is 4.79 Å². The Morgan fingerprint density at radius 3 is 2.20 bits per heavy atom. The van der Waals surface area contributed by atoms with Crippen molar-refractivity contribution in [1.29, 1.82) is 0 Å². The lowest BCUT2D eigenvalue weighted by molar-refractivity contribution is -0.329. The summed E-state index contributed by atoms with van der Waals surface area (Å²) in [4.78, 5) is 34.0. The van der Waals surface area contributed by atoms with E-state index in [9.17, 15) is 44.6 Å². The second kappa shape index (κ2) is 14.0. The fraction of sp³-hybridized carbons (Fsp3) is 0.355. The van der Waals surface area contributed by atoms with Crippen LogP contribution in [-0.2, 0) is 41.4 Å². The van der Waals surface area contributed by atoms with Gasteiger partial charge in [0.1, 0.15) is 30.2 Å². The Kier molecular flexibility index (Phi) is 10.7. The average molecular weight is 662 g/mol. The van der Waals surface area contributed by atoms with Crippen molar-refractivity contribution < 1.29 is 63.3 Å². The van der Waals surface area contributed by atoms with Gasteiger partial charge in [0.2, 0.25) is 5.91 Å². The highest BCUT2D eigenvalue weighted by molar-refractivity contribution is 7.54. The lowest BCUT2D eigenvalue weighted by atomic mass is 9.85. The maximum atomic E-state index is 13.0. The third-order valence-corrected chi connectivity index (χ3v) is 9.16. The molecule has 3 aromatic rings. The van der Waals surface area contributed by atoms with Gasteiger partial charge in [0.25, 0.3) is 0 Å². The molecule has 0 spiro atoms. The molecule has 3 aromatic carbocycles. The molecule has 4 rings (SSSR count). The number of carbonyl (C=O) groups excluding carboxylic acids is 1. The van der Waals surface area contributed by atoms with Gasteiger partial charge in [-0.05, 0) is 54.3 Å².